The lowest BCUT2D eigenvalue weighted by Crippen LogP contribution is -2.51. The average molecular weight is 305 g/mol. The lowest BCUT2D eigenvalue weighted by molar-refractivity contribution is -0.120. The molecule has 0 unspecified atom stereocenters. The number of hydrogen-bond donors (Lipinski definition) is 1. The molecule has 0 aromatic carbocycles. The molecule has 2 N–H and O–H groups in total. The van der Waals surface area contributed by atoms with E-state index in [1.165, 1.54) is 0 Å². The Morgan fingerprint density at radius 2 is 2.27 bits per heavy atom. The molecule has 1 aromatic heterocycles. The summed E-state index contributed by atoms with van der Waals surface area (Å²) in [7, 11) is 1.63. The van der Waals surface area contributed by atoms with Gasteiger partial charge in [0.05, 0.1) is 5.60 Å². The number of carbonyl (C=O) groups is 2. The summed E-state index contributed by atoms with van der Waals surface area (Å²) in [5, 5.41) is 0. The van der Waals surface area contributed by atoms with Crippen LogP contribution in [0.25, 0.3) is 0 Å². The molecule has 0 radical (unpaired) electrons. The number of nitrogens with two attached hydrogens (primary N) is 1. The van der Waals surface area contributed by atoms with E-state index in [2.05, 4.69) is 4.98 Å². The van der Waals surface area contributed by atoms with Crippen molar-refractivity contribution in [1.82, 2.24) is 9.88 Å². The fourth-order valence-corrected chi connectivity index (χ4v) is 2.96. The zero-order chi connectivity index (χ0) is 16.2. The largest absolute Gasteiger partial charge is 0.376 e. The Morgan fingerprint density at radius 3 is 2.91 bits per heavy atom. The molecule has 1 atom stereocenters. The Morgan fingerprint density at radius 1 is 1.50 bits per heavy atom. The van der Waals surface area contributed by atoms with Crippen molar-refractivity contribution >= 4 is 11.8 Å². The zero-order valence-corrected chi connectivity index (χ0v) is 13.2. The summed E-state index contributed by atoms with van der Waals surface area (Å²) in [6.45, 7) is 3.04. The summed E-state index contributed by atoms with van der Waals surface area (Å²) < 4.78 is 5.66. The van der Waals surface area contributed by atoms with Gasteiger partial charge < -0.3 is 15.4 Å². The van der Waals surface area contributed by atoms with Crippen LogP contribution in [0.4, 0.5) is 0 Å². The van der Waals surface area contributed by atoms with Crippen LogP contribution in [-0.2, 0) is 9.53 Å². The van der Waals surface area contributed by atoms with Gasteiger partial charge >= 0.3 is 0 Å². The number of ether oxygens (including phenoxy) is 1. The molecular formula is C16H23N3O3. The summed E-state index contributed by atoms with van der Waals surface area (Å²) >= 11 is 0. The van der Waals surface area contributed by atoms with Gasteiger partial charge in [-0.2, -0.15) is 0 Å². The normalized spacial score (nSPS) is 21.6. The molecule has 0 aliphatic carbocycles. The van der Waals surface area contributed by atoms with Gasteiger partial charge in [-0.3, -0.25) is 14.6 Å². The Bertz CT molecular complexity index is 561. The second-order valence-corrected chi connectivity index (χ2v) is 5.87. The smallest absolute Gasteiger partial charge is 0.254 e. The topological polar surface area (TPSA) is 85.5 Å². The lowest BCUT2D eigenvalue weighted by atomic mass is 9.87. The van der Waals surface area contributed by atoms with Crippen LogP contribution in [0.1, 0.15) is 41.7 Å². The maximum Gasteiger partial charge on any atom is 0.254 e. The van der Waals surface area contributed by atoms with E-state index in [0.717, 1.165) is 18.5 Å². The molecule has 1 aromatic rings. The molecule has 1 aliphatic heterocycles. The van der Waals surface area contributed by atoms with Gasteiger partial charge in [-0.25, -0.2) is 0 Å². The van der Waals surface area contributed by atoms with Gasteiger partial charge in [0, 0.05) is 44.1 Å². The molecule has 0 spiro atoms. The molecule has 2 rings (SSSR count). The first-order valence-electron chi connectivity index (χ1n) is 7.51. The molecule has 120 valence electrons. The number of carbonyl (C=O) groups excluding carboxylic acids is 2. The van der Waals surface area contributed by atoms with Gasteiger partial charge in [0.15, 0.2) is 0 Å². The van der Waals surface area contributed by atoms with Crippen molar-refractivity contribution in [2.45, 2.75) is 38.2 Å². The van der Waals surface area contributed by atoms with Gasteiger partial charge in [0.25, 0.3) is 5.91 Å². The summed E-state index contributed by atoms with van der Waals surface area (Å²) in [5.74, 6) is -0.365. The predicted octanol–water partition coefficient (Wildman–Crippen LogP) is 1.28. The molecule has 0 saturated carbocycles. The summed E-state index contributed by atoms with van der Waals surface area (Å²) in [5.41, 5.74) is 6.21. The van der Waals surface area contributed by atoms with Gasteiger partial charge in [0.1, 0.15) is 0 Å². The second-order valence-electron chi connectivity index (χ2n) is 5.87. The molecule has 22 heavy (non-hydrogen) atoms. The van der Waals surface area contributed by atoms with Gasteiger partial charge in [-0.1, -0.05) is 0 Å². The summed E-state index contributed by atoms with van der Waals surface area (Å²) in [4.78, 5) is 29.6. The summed E-state index contributed by atoms with van der Waals surface area (Å²) in [6, 6.07) is 3.51. The molecule has 0 bridgehead atoms. The highest BCUT2D eigenvalue weighted by atomic mass is 16.5. The van der Waals surface area contributed by atoms with Crippen LogP contribution in [-0.4, -0.2) is 47.5 Å². The molecule has 1 fully saturated rings. The summed E-state index contributed by atoms with van der Waals surface area (Å²) in [6.07, 6.45) is 4.13. The average Bonchev–Trinajstić information content (AvgIpc) is 2.52. The minimum absolute atomic E-state index is 0.0225. The fourth-order valence-electron chi connectivity index (χ4n) is 2.96. The van der Waals surface area contributed by atoms with E-state index in [-0.39, 0.29) is 18.2 Å². The third-order valence-electron chi connectivity index (χ3n) is 4.23. The van der Waals surface area contributed by atoms with Crippen molar-refractivity contribution in [3.63, 3.8) is 0 Å². The number of aryl methyl sites for hydroxylation is 1. The van der Waals surface area contributed by atoms with Crippen molar-refractivity contribution in [2.24, 2.45) is 5.73 Å². The van der Waals surface area contributed by atoms with Gasteiger partial charge in [0.2, 0.25) is 5.91 Å². The number of primary amides is 1. The van der Waals surface area contributed by atoms with Crippen LogP contribution < -0.4 is 5.73 Å². The van der Waals surface area contributed by atoms with Crippen molar-refractivity contribution in [3.05, 3.63) is 29.6 Å². The van der Waals surface area contributed by atoms with Gasteiger partial charge in [-0.05, 0) is 38.3 Å². The maximum atomic E-state index is 12.6. The SMILES string of the molecule is CO[C@]1(CCC(N)=O)CCCN(C(=O)c2ccnc(C)c2)C1. The molecule has 2 amide bonds. The van der Waals surface area contributed by atoms with Crippen LogP contribution >= 0.6 is 0 Å². The number of likely N-dealkylation sites (tertiary alicyclic amines) is 1. The molecule has 6 nitrogen and oxygen atoms in total. The molecule has 1 aliphatic rings. The predicted molar refractivity (Wildman–Crippen MR) is 82.3 cm³/mol. The number of aromatic nitrogens is 1. The third-order valence-corrected chi connectivity index (χ3v) is 4.23. The Balaban J connectivity index is 2.11. The standard InChI is InChI=1S/C16H23N3O3/c1-12-10-13(5-8-18-12)15(21)19-9-3-6-16(11-19,22-2)7-4-14(17)20/h5,8,10H,3-4,6-7,9,11H2,1-2H3,(H2,17,20)/t16-/m0/s1. The minimum Gasteiger partial charge on any atom is -0.376 e. The van der Waals surface area contributed by atoms with Crippen molar-refractivity contribution in [3.8, 4) is 0 Å². The van der Waals surface area contributed by atoms with E-state index in [4.69, 9.17) is 10.5 Å². The van der Waals surface area contributed by atoms with Crippen LogP contribution in [0, 0.1) is 6.92 Å². The highest BCUT2D eigenvalue weighted by molar-refractivity contribution is 5.94. The molecule has 1 saturated heterocycles. The molecule has 6 heteroatoms. The maximum absolute atomic E-state index is 12.6. The number of rotatable bonds is 5. The highest BCUT2D eigenvalue weighted by Crippen LogP contribution is 2.30. The first-order chi connectivity index (χ1) is 10.5. The lowest BCUT2D eigenvalue weighted by Gasteiger charge is -2.42. The third kappa shape index (κ3) is 3.82. The first kappa shape index (κ1) is 16.4. The van der Waals surface area contributed by atoms with Gasteiger partial charge in [-0.15, -0.1) is 0 Å². The second kappa shape index (κ2) is 6.87. The van der Waals surface area contributed by atoms with E-state index >= 15 is 0 Å². The van der Waals surface area contributed by atoms with E-state index in [1.54, 1.807) is 30.3 Å². The fraction of sp³-hybridized carbons (Fsp3) is 0.562. The Hall–Kier alpha value is -1.95. The monoisotopic (exact) mass is 305 g/mol. The minimum atomic E-state index is -0.481. The van der Waals surface area contributed by atoms with Crippen LogP contribution in [0.5, 0.6) is 0 Å². The van der Waals surface area contributed by atoms with E-state index in [9.17, 15) is 9.59 Å². The highest BCUT2D eigenvalue weighted by Gasteiger charge is 2.37. The van der Waals surface area contributed by atoms with Crippen LogP contribution in [0.2, 0.25) is 0 Å². The number of piperidine rings is 1. The first-order valence-corrected chi connectivity index (χ1v) is 7.51. The Labute approximate surface area is 130 Å². The number of hydrogen-bond acceptors (Lipinski definition) is 4. The molecular weight excluding hydrogens is 282 g/mol. The zero-order valence-electron chi connectivity index (χ0n) is 13.2. The van der Waals surface area contributed by atoms with Crippen LogP contribution in [0.15, 0.2) is 18.3 Å². The van der Waals surface area contributed by atoms with E-state index in [0.29, 0.717) is 25.1 Å². The van der Waals surface area contributed by atoms with E-state index in [1.807, 2.05) is 6.92 Å². The van der Waals surface area contributed by atoms with Crippen LogP contribution in [0.3, 0.4) is 0 Å². The van der Waals surface area contributed by atoms with Crippen molar-refractivity contribution in [1.29, 1.82) is 0 Å². The number of amides is 2. The Kier molecular flexibility index (Phi) is 5.13. The van der Waals surface area contributed by atoms with E-state index < -0.39 is 5.60 Å². The van der Waals surface area contributed by atoms with Crippen molar-refractivity contribution in [2.75, 3.05) is 20.2 Å². The number of methoxy groups -OCH3 is 1. The number of nitrogens with zero attached hydrogens (tertiary/aromatic N) is 2. The number of pyridine rings is 1. The van der Waals surface area contributed by atoms with Crippen molar-refractivity contribution < 1.29 is 14.3 Å². The molecule has 2 heterocycles. The quantitative estimate of drug-likeness (QED) is 0.888.